The second-order valence-electron chi connectivity index (χ2n) is 4.19. The summed E-state index contributed by atoms with van der Waals surface area (Å²) in [4.78, 5) is 10.9. The summed E-state index contributed by atoms with van der Waals surface area (Å²) in [5.74, 6) is 0.937. The van der Waals surface area contributed by atoms with E-state index in [-0.39, 0.29) is 0 Å². The van der Waals surface area contributed by atoms with E-state index in [1.54, 1.807) is 6.33 Å². The van der Waals surface area contributed by atoms with Crippen LogP contribution >= 0.6 is 0 Å². The Hall–Kier alpha value is -1.73. The molecule has 2 N–H and O–H groups in total. The third-order valence-electron chi connectivity index (χ3n) is 3.06. The summed E-state index contributed by atoms with van der Waals surface area (Å²) in [5.41, 5.74) is 6.40. The Bertz CT molecular complexity index is 533. The summed E-state index contributed by atoms with van der Waals surface area (Å²) in [6.07, 6.45) is 3.40. The highest BCUT2D eigenvalue weighted by Gasteiger charge is 2.17. The van der Waals surface area contributed by atoms with Gasteiger partial charge in [0.25, 0.3) is 0 Å². The lowest BCUT2D eigenvalue weighted by Crippen LogP contribution is -2.36. The molecule has 1 saturated heterocycles. The molecule has 0 bridgehead atoms. The predicted molar refractivity (Wildman–Crippen MR) is 67.4 cm³/mol. The molecule has 0 aliphatic carbocycles. The Balaban J connectivity index is 2.01. The molecule has 0 spiro atoms. The Labute approximate surface area is 105 Å². The molecule has 0 saturated carbocycles. The van der Waals surface area contributed by atoms with Gasteiger partial charge < -0.3 is 15.4 Å². The summed E-state index contributed by atoms with van der Waals surface area (Å²) in [6.45, 7) is 4.41. The van der Waals surface area contributed by atoms with E-state index in [0.717, 1.165) is 43.2 Å². The molecule has 1 fully saturated rings. The van der Waals surface area contributed by atoms with E-state index in [0.29, 0.717) is 13.1 Å². The zero-order valence-electron chi connectivity index (χ0n) is 10.1. The topological polar surface area (TPSA) is 82.1 Å². The van der Waals surface area contributed by atoms with Crippen LogP contribution in [0.4, 0.5) is 5.82 Å². The Morgan fingerprint density at radius 3 is 2.89 bits per heavy atom. The zero-order chi connectivity index (χ0) is 12.4. The highest BCUT2D eigenvalue weighted by Crippen LogP contribution is 2.22. The van der Waals surface area contributed by atoms with Crippen molar-refractivity contribution in [2.45, 2.75) is 6.54 Å². The van der Waals surface area contributed by atoms with Crippen molar-refractivity contribution in [3.05, 3.63) is 12.5 Å². The first-order chi connectivity index (χ1) is 8.90. The van der Waals surface area contributed by atoms with Gasteiger partial charge in [0, 0.05) is 19.6 Å². The minimum atomic E-state index is 0.549. The third kappa shape index (κ3) is 1.91. The van der Waals surface area contributed by atoms with E-state index in [4.69, 9.17) is 10.5 Å². The van der Waals surface area contributed by atoms with Gasteiger partial charge in [0.2, 0.25) is 0 Å². The first-order valence-electron chi connectivity index (χ1n) is 6.09. The maximum atomic E-state index is 5.56. The van der Waals surface area contributed by atoms with Crippen LogP contribution in [0.3, 0.4) is 0 Å². The van der Waals surface area contributed by atoms with Gasteiger partial charge in [0.1, 0.15) is 12.1 Å². The van der Waals surface area contributed by atoms with Gasteiger partial charge in [-0.05, 0) is 0 Å². The van der Waals surface area contributed by atoms with Gasteiger partial charge in [-0.1, -0.05) is 0 Å². The molecule has 3 rings (SSSR count). The molecule has 7 nitrogen and oxygen atoms in total. The van der Waals surface area contributed by atoms with Crippen LogP contribution in [-0.2, 0) is 11.3 Å². The Morgan fingerprint density at radius 2 is 2.11 bits per heavy atom. The minimum Gasteiger partial charge on any atom is -0.378 e. The van der Waals surface area contributed by atoms with Crippen molar-refractivity contribution in [3.63, 3.8) is 0 Å². The fourth-order valence-corrected chi connectivity index (χ4v) is 2.19. The lowest BCUT2D eigenvalue weighted by atomic mass is 10.3. The van der Waals surface area contributed by atoms with E-state index >= 15 is 0 Å². The minimum absolute atomic E-state index is 0.549. The number of aromatic nitrogens is 4. The average molecular weight is 248 g/mol. The third-order valence-corrected chi connectivity index (χ3v) is 3.06. The van der Waals surface area contributed by atoms with Gasteiger partial charge in [-0.3, -0.25) is 0 Å². The monoisotopic (exact) mass is 248 g/mol. The molecule has 0 unspecified atom stereocenters. The lowest BCUT2D eigenvalue weighted by Gasteiger charge is -2.27. The van der Waals surface area contributed by atoms with Crippen molar-refractivity contribution >= 4 is 16.9 Å². The van der Waals surface area contributed by atoms with Gasteiger partial charge in [0.15, 0.2) is 5.65 Å². The number of hydrogen-bond acceptors (Lipinski definition) is 6. The number of fused-ring (bicyclic) bond motifs is 1. The number of nitrogens with zero attached hydrogens (tertiary/aromatic N) is 5. The summed E-state index contributed by atoms with van der Waals surface area (Å²) in [7, 11) is 0. The van der Waals surface area contributed by atoms with E-state index in [1.807, 2.05) is 10.9 Å². The number of morpholine rings is 1. The molecule has 18 heavy (non-hydrogen) atoms. The van der Waals surface area contributed by atoms with Crippen LogP contribution in [0.2, 0.25) is 0 Å². The second-order valence-corrected chi connectivity index (χ2v) is 4.19. The molecular weight excluding hydrogens is 232 g/mol. The van der Waals surface area contributed by atoms with Crippen molar-refractivity contribution in [3.8, 4) is 0 Å². The predicted octanol–water partition coefficient (Wildman–Crippen LogP) is -0.378. The van der Waals surface area contributed by atoms with Crippen LogP contribution in [0, 0.1) is 0 Å². The molecular formula is C11H16N6O. The summed E-state index contributed by atoms with van der Waals surface area (Å²) in [5, 5.41) is 5.30. The van der Waals surface area contributed by atoms with Crippen LogP contribution in [-0.4, -0.2) is 52.6 Å². The van der Waals surface area contributed by atoms with E-state index < -0.39 is 0 Å². The maximum Gasteiger partial charge on any atom is 0.163 e. The quantitative estimate of drug-likeness (QED) is 0.797. The fourth-order valence-electron chi connectivity index (χ4n) is 2.19. The van der Waals surface area contributed by atoms with Crippen LogP contribution in [0.1, 0.15) is 0 Å². The van der Waals surface area contributed by atoms with Gasteiger partial charge in [-0.2, -0.15) is 5.10 Å². The SMILES string of the molecule is NCCn1ncc2c(N3CCOCC3)ncnc21. The highest BCUT2D eigenvalue weighted by molar-refractivity contribution is 5.86. The van der Waals surface area contributed by atoms with Gasteiger partial charge in [0.05, 0.1) is 31.3 Å². The highest BCUT2D eigenvalue weighted by atomic mass is 16.5. The fraction of sp³-hybridized carbons (Fsp3) is 0.545. The van der Waals surface area contributed by atoms with Crippen LogP contribution in [0.15, 0.2) is 12.5 Å². The van der Waals surface area contributed by atoms with Crippen LogP contribution in [0.5, 0.6) is 0 Å². The summed E-state index contributed by atoms with van der Waals surface area (Å²) < 4.78 is 7.18. The maximum absolute atomic E-state index is 5.56. The molecule has 0 aromatic carbocycles. The number of ether oxygens (including phenoxy) is 1. The summed E-state index contributed by atoms with van der Waals surface area (Å²) >= 11 is 0. The van der Waals surface area contributed by atoms with Crippen LogP contribution < -0.4 is 10.6 Å². The number of hydrogen-bond donors (Lipinski definition) is 1. The van der Waals surface area contributed by atoms with Crippen molar-refractivity contribution in [2.75, 3.05) is 37.7 Å². The van der Waals surface area contributed by atoms with Crippen LogP contribution in [0.25, 0.3) is 11.0 Å². The molecule has 0 radical (unpaired) electrons. The average Bonchev–Trinajstić information content (AvgIpc) is 2.84. The van der Waals surface area contributed by atoms with Crippen molar-refractivity contribution in [2.24, 2.45) is 5.73 Å². The molecule has 3 heterocycles. The van der Waals surface area contributed by atoms with E-state index in [9.17, 15) is 0 Å². The smallest absolute Gasteiger partial charge is 0.163 e. The standard InChI is InChI=1S/C11H16N6O/c12-1-2-17-11-9(7-15-17)10(13-8-14-11)16-3-5-18-6-4-16/h7-8H,1-6,12H2. The van der Waals surface area contributed by atoms with Crippen molar-refractivity contribution < 1.29 is 4.74 Å². The molecule has 0 atom stereocenters. The molecule has 2 aromatic heterocycles. The second kappa shape index (κ2) is 4.87. The van der Waals surface area contributed by atoms with Gasteiger partial charge in [-0.15, -0.1) is 0 Å². The van der Waals surface area contributed by atoms with E-state index in [2.05, 4.69) is 20.0 Å². The molecule has 7 heteroatoms. The Morgan fingerprint density at radius 1 is 1.28 bits per heavy atom. The molecule has 1 aliphatic rings. The van der Waals surface area contributed by atoms with Crippen molar-refractivity contribution in [1.82, 2.24) is 19.7 Å². The largest absolute Gasteiger partial charge is 0.378 e. The molecule has 1 aliphatic heterocycles. The first-order valence-corrected chi connectivity index (χ1v) is 6.09. The molecule has 96 valence electrons. The van der Waals surface area contributed by atoms with Crippen molar-refractivity contribution in [1.29, 1.82) is 0 Å². The number of rotatable bonds is 3. The van der Waals surface area contributed by atoms with E-state index in [1.165, 1.54) is 0 Å². The van der Waals surface area contributed by atoms with Gasteiger partial charge >= 0.3 is 0 Å². The van der Waals surface area contributed by atoms with Gasteiger partial charge in [-0.25, -0.2) is 14.6 Å². The Kier molecular flexibility index (Phi) is 3.07. The molecule has 2 aromatic rings. The zero-order valence-corrected chi connectivity index (χ0v) is 10.1. The number of anilines is 1. The number of nitrogens with two attached hydrogens (primary N) is 1. The lowest BCUT2D eigenvalue weighted by molar-refractivity contribution is 0.122. The molecule has 0 amide bonds. The summed E-state index contributed by atoms with van der Waals surface area (Å²) in [6, 6.07) is 0. The first kappa shape index (κ1) is 11.4. The normalized spacial score (nSPS) is 16.4.